The van der Waals surface area contributed by atoms with Crippen molar-refractivity contribution in [2.75, 3.05) is 12.3 Å². The highest BCUT2D eigenvalue weighted by Gasteiger charge is 2.48. The van der Waals surface area contributed by atoms with Gasteiger partial charge in [0, 0.05) is 5.75 Å². The molecule has 0 radical (unpaired) electrons. The Hall–Kier alpha value is -0.660. The largest absolute Gasteiger partial charge is 0.480 e. The fourth-order valence-corrected chi connectivity index (χ4v) is 4.49. The molecule has 1 heterocycles. The topological polar surface area (TPSA) is 75.1 Å². The second kappa shape index (κ2) is 7.38. The lowest BCUT2D eigenvalue weighted by atomic mass is 9.85. The van der Waals surface area contributed by atoms with Crippen molar-refractivity contribution in [3.63, 3.8) is 0 Å². The molecular formula is C13H21N3O2S2. The van der Waals surface area contributed by atoms with Crippen molar-refractivity contribution in [2.45, 2.75) is 48.9 Å². The minimum absolute atomic E-state index is 0.215. The Balaban J connectivity index is 1.92. The molecule has 1 aliphatic carbocycles. The zero-order chi connectivity index (χ0) is 14.4. The molecule has 2 atom stereocenters. The first-order valence-corrected chi connectivity index (χ1v) is 8.83. The van der Waals surface area contributed by atoms with E-state index in [4.69, 9.17) is 0 Å². The van der Waals surface area contributed by atoms with Gasteiger partial charge in [-0.1, -0.05) is 25.1 Å². The third-order valence-corrected chi connectivity index (χ3v) is 5.76. The van der Waals surface area contributed by atoms with Crippen molar-refractivity contribution in [3.05, 3.63) is 6.33 Å². The van der Waals surface area contributed by atoms with Gasteiger partial charge in [-0.15, -0.1) is 0 Å². The molecule has 2 N–H and O–H groups in total. The molecule has 0 spiro atoms. The van der Waals surface area contributed by atoms with Gasteiger partial charge in [0.25, 0.3) is 0 Å². The van der Waals surface area contributed by atoms with E-state index in [1.807, 2.05) is 0 Å². The van der Waals surface area contributed by atoms with Gasteiger partial charge in [0.1, 0.15) is 11.9 Å². The molecule has 1 fully saturated rings. The first-order valence-electron chi connectivity index (χ1n) is 7.07. The lowest BCUT2D eigenvalue weighted by Crippen LogP contribution is -2.55. The average molecular weight is 315 g/mol. The minimum Gasteiger partial charge on any atom is -0.480 e. The number of rotatable bonds is 8. The lowest BCUT2D eigenvalue weighted by molar-refractivity contribution is -0.146. The molecule has 5 nitrogen and oxygen atoms in total. The Labute approximate surface area is 127 Å². The summed E-state index contributed by atoms with van der Waals surface area (Å²) in [6.07, 6.45) is 6.18. The number of thioether (sulfide) groups is 1. The molecule has 7 heteroatoms. The van der Waals surface area contributed by atoms with E-state index in [1.165, 1.54) is 11.5 Å². The third-order valence-electron chi connectivity index (χ3n) is 3.93. The fraction of sp³-hybridized carbons (Fsp3) is 0.769. The maximum absolute atomic E-state index is 11.7. The molecule has 0 aliphatic heterocycles. The van der Waals surface area contributed by atoms with Crippen molar-refractivity contribution in [2.24, 2.45) is 5.92 Å². The number of aliphatic carboxylic acids is 1. The number of carbonyl (C=O) groups is 1. The maximum Gasteiger partial charge on any atom is 0.324 e. The summed E-state index contributed by atoms with van der Waals surface area (Å²) in [7, 11) is 0. The number of carboxylic acids is 1. The summed E-state index contributed by atoms with van der Waals surface area (Å²) in [5.41, 5.74) is -0.711. The van der Waals surface area contributed by atoms with E-state index in [0.29, 0.717) is 0 Å². The second-order valence-corrected chi connectivity index (χ2v) is 7.26. The van der Waals surface area contributed by atoms with Crippen LogP contribution in [0.4, 0.5) is 0 Å². The van der Waals surface area contributed by atoms with Gasteiger partial charge in [-0.3, -0.25) is 4.79 Å². The van der Waals surface area contributed by atoms with E-state index in [0.717, 1.165) is 48.7 Å². The third kappa shape index (κ3) is 3.51. The van der Waals surface area contributed by atoms with E-state index in [1.54, 1.807) is 18.1 Å². The SMILES string of the molecule is CCCNC1(C(=O)O)CCCC1CCSc1ncns1. The van der Waals surface area contributed by atoms with Gasteiger partial charge in [0.15, 0.2) is 4.34 Å². The Morgan fingerprint density at radius 2 is 2.55 bits per heavy atom. The normalized spacial score (nSPS) is 25.9. The van der Waals surface area contributed by atoms with Crippen molar-refractivity contribution in [3.8, 4) is 0 Å². The molecule has 0 amide bonds. The second-order valence-electron chi connectivity index (χ2n) is 5.14. The van der Waals surface area contributed by atoms with Crippen LogP contribution in [0.3, 0.4) is 0 Å². The van der Waals surface area contributed by atoms with E-state index in [9.17, 15) is 9.90 Å². The van der Waals surface area contributed by atoms with Crippen LogP contribution in [0.1, 0.15) is 39.0 Å². The smallest absolute Gasteiger partial charge is 0.324 e. The van der Waals surface area contributed by atoms with Crippen LogP contribution >= 0.6 is 23.3 Å². The number of carboxylic acid groups (broad SMARTS) is 1. The molecule has 0 saturated heterocycles. The molecule has 2 unspecified atom stereocenters. The molecule has 20 heavy (non-hydrogen) atoms. The van der Waals surface area contributed by atoms with Crippen LogP contribution in [0.15, 0.2) is 10.7 Å². The number of nitrogens with one attached hydrogen (secondary N) is 1. The first kappa shape index (κ1) is 15.7. The quantitative estimate of drug-likeness (QED) is 0.718. The van der Waals surface area contributed by atoms with Gasteiger partial charge < -0.3 is 10.4 Å². The zero-order valence-electron chi connectivity index (χ0n) is 11.7. The molecule has 1 aromatic rings. The van der Waals surface area contributed by atoms with Crippen LogP contribution in [0, 0.1) is 5.92 Å². The van der Waals surface area contributed by atoms with Crippen LogP contribution in [0.25, 0.3) is 0 Å². The van der Waals surface area contributed by atoms with Gasteiger partial charge in [0.2, 0.25) is 0 Å². The summed E-state index contributed by atoms with van der Waals surface area (Å²) in [6, 6.07) is 0. The Kier molecular flexibility index (Phi) is 5.80. The molecule has 1 saturated carbocycles. The first-order chi connectivity index (χ1) is 9.69. The summed E-state index contributed by atoms with van der Waals surface area (Å²) < 4.78 is 4.94. The summed E-state index contributed by atoms with van der Waals surface area (Å²) in [4.78, 5) is 15.9. The Bertz CT molecular complexity index is 427. The van der Waals surface area contributed by atoms with Crippen LogP contribution in [0.2, 0.25) is 0 Å². The monoisotopic (exact) mass is 315 g/mol. The number of nitrogens with zero attached hydrogens (tertiary/aromatic N) is 2. The van der Waals surface area contributed by atoms with Crippen molar-refractivity contribution >= 4 is 29.3 Å². The van der Waals surface area contributed by atoms with E-state index in [-0.39, 0.29) is 5.92 Å². The van der Waals surface area contributed by atoms with Gasteiger partial charge in [-0.2, -0.15) is 4.37 Å². The van der Waals surface area contributed by atoms with Crippen LogP contribution < -0.4 is 5.32 Å². The number of hydrogen-bond donors (Lipinski definition) is 2. The highest BCUT2D eigenvalue weighted by Crippen LogP contribution is 2.39. The maximum atomic E-state index is 11.7. The van der Waals surface area contributed by atoms with Gasteiger partial charge in [-0.25, -0.2) is 4.98 Å². The van der Waals surface area contributed by atoms with E-state index < -0.39 is 11.5 Å². The molecule has 1 aliphatic rings. The molecular weight excluding hydrogens is 294 g/mol. The highest BCUT2D eigenvalue weighted by atomic mass is 32.2. The van der Waals surface area contributed by atoms with Gasteiger partial charge in [0.05, 0.1) is 0 Å². The standard InChI is InChI=1S/C13H21N3O2S2/c1-2-7-15-13(11(17)18)6-3-4-10(13)5-8-19-12-14-9-16-20-12/h9-10,15H,2-8H2,1H3,(H,17,18). The predicted octanol–water partition coefficient (Wildman–Crippen LogP) is 2.64. The number of hydrogen-bond acceptors (Lipinski definition) is 6. The predicted molar refractivity (Wildman–Crippen MR) is 81.3 cm³/mol. The molecule has 0 aromatic carbocycles. The van der Waals surface area contributed by atoms with Gasteiger partial charge >= 0.3 is 5.97 Å². The summed E-state index contributed by atoms with van der Waals surface area (Å²) >= 11 is 3.07. The van der Waals surface area contributed by atoms with Crippen molar-refractivity contribution in [1.82, 2.24) is 14.7 Å². The number of aromatic nitrogens is 2. The Morgan fingerprint density at radius 3 is 3.20 bits per heavy atom. The van der Waals surface area contributed by atoms with Gasteiger partial charge in [-0.05, 0) is 49.7 Å². The van der Waals surface area contributed by atoms with Crippen molar-refractivity contribution < 1.29 is 9.90 Å². The highest BCUT2D eigenvalue weighted by molar-refractivity contribution is 8.00. The molecule has 2 rings (SSSR count). The summed E-state index contributed by atoms with van der Waals surface area (Å²) in [5.74, 6) is 0.434. The van der Waals surface area contributed by atoms with Crippen LogP contribution in [-0.4, -0.2) is 38.3 Å². The lowest BCUT2D eigenvalue weighted by Gasteiger charge is -2.32. The van der Waals surface area contributed by atoms with Crippen LogP contribution in [-0.2, 0) is 4.79 Å². The molecule has 112 valence electrons. The Morgan fingerprint density at radius 1 is 1.70 bits per heavy atom. The zero-order valence-corrected chi connectivity index (χ0v) is 13.3. The van der Waals surface area contributed by atoms with E-state index >= 15 is 0 Å². The van der Waals surface area contributed by atoms with E-state index in [2.05, 4.69) is 21.6 Å². The van der Waals surface area contributed by atoms with Crippen molar-refractivity contribution in [1.29, 1.82) is 0 Å². The average Bonchev–Trinajstić information content (AvgIpc) is 3.06. The van der Waals surface area contributed by atoms with Crippen LogP contribution in [0.5, 0.6) is 0 Å². The minimum atomic E-state index is -0.711. The summed E-state index contributed by atoms with van der Waals surface area (Å²) in [6.45, 7) is 2.84. The molecule has 0 bridgehead atoms. The summed E-state index contributed by atoms with van der Waals surface area (Å²) in [5, 5.41) is 13.0. The molecule has 1 aromatic heterocycles. The fourth-order valence-electron chi connectivity index (χ4n) is 2.92.